The summed E-state index contributed by atoms with van der Waals surface area (Å²) in [5.41, 5.74) is 7.62. The van der Waals surface area contributed by atoms with Gasteiger partial charge in [-0.2, -0.15) is 0 Å². The van der Waals surface area contributed by atoms with Crippen molar-refractivity contribution in [3.8, 4) is 10.6 Å². The monoisotopic (exact) mass is 437 g/mol. The van der Waals surface area contributed by atoms with Crippen LogP contribution in [0.3, 0.4) is 0 Å². The van der Waals surface area contributed by atoms with Gasteiger partial charge in [0.25, 0.3) is 5.91 Å². The number of anilines is 2. The van der Waals surface area contributed by atoms with Gasteiger partial charge in [-0.05, 0) is 32.0 Å². The van der Waals surface area contributed by atoms with Crippen LogP contribution in [0.1, 0.15) is 23.3 Å². The molecule has 31 heavy (non-hydrogen) atoms. The summed E-state index contributed by atoms with van der Waals surface area (Å²) in [5, 5.41) is 8.46. The quantitative estimate of drug-likeness (QED) is 0.538. The van der Waals surface area contributed by atoms with E-state index in [1.54, 1.807) is 24.8 Å². The minimum absolute atomic E-state index is 0.287. The van der Waals surface area contributed by atoms with Crippen molar-refractivity contribution in [1.82, 2.24) is 20.3 Å². The van der Waals surface area contributed by atoms with Crippen LogP contribution in [0.15, 0.2) is 48.4 Å². The lowest BCUT2D eigenvalue weighted by atomic mass is 9.86. The number of likely N-dealkylation sites (N-methyl/N-ethyl adjacent to an activating group) is 1. The highest BCUT2D eigenvalue weighted by Crippen LogP contribution is 2.32. The molecular weight excluding hydrogens is 414 g/mol. The second-order valence-electron chi connectivity index (χ2n) is 7.32. The zero-order valence-corrected chi connectivity index (χ0v) is 17.9. The maximum atomic E-state index is 12.8. The Morgan fingerprint density at radius 1 is 1.16 bits per heavy atom. The number of nitrogens with two attached hydrogens (primary N) is 1. The van der Waals surface area contributed by atoms with E-state index in [2.05, 4.69) is 30.5 Å². The Morgan fingerprint density at radius 3 is 2.55 bits per heavy atom. The third kappa shape index (κ3) is 4.25. The van der Waals surface area contributed by atoms with Crippen molar-refractivity contribution < 1.29 is 9.59 Å². The number of piperidine rings is 1. The van der Waals surface area contributed by atoms with Gasteiger partial charge >= 0.3 is 0 Å². The topological polar surface area (TPSA) is 126 Å². The SMILES string of the molecule is CNC1(C(N)=O)CCN(c2ccccc2NC(=O)c2csc(-c3cncnc3)n2)CC1. The van der Waals surface area contributed by atoms with Crippen LogP contribution >= 0.6 is 11.3 Å². The number of nitrogens with one attached hydrogen (secondary N) is 2. The molecular formula is C21H23N7O2S. The van der Waals surface area contributed by atoms with Crippen molar-refractivity contribution >= 4 is 34.5 Å². The normalized spacial score (nSPS) is 15.5. The third-order valence-corrected chi connectivity index (χ3v) is 6.50. The number of amides is 2. The van der Waals surface area contributed by atoms with Crippen molar-refractivity contribution in [1.29, 1.82) is 0 Å². The lowest BCUT2D eigenvalue weighted by Gasteiger charge is -2.41. The standard InChI is InChI=1S/C21H23N7O2S/c1-23-21(20(22)30)6-8-28(9-7-21)17-5-3-2-4-15(17)26-18(29)16-12-31-19(27-16)14-10-24-13-25-11-14/h2-5,10-13,23H,6-9H2,1H3,(H2,22,30)(H,26,29). The van der Waals surface area contributed by atoms with Gasteiger partial charge in [0.2, 0.25) is 5.91 Å². The predicted molar refractivity (Wildman–Crippen MR) is 120 cm³/mol. The van der Waals surface area contributed by atoms with Crippen LogP contribution in [0, 0.1) is 0 Å². The van der Waals surface area contributed by atoms with Crippen LogP contribution in [-0.4, -0.2) is 52.4 Å². The molecule has 1 saturated heterocycles. The number of para-hydroxylation sites is 2. The third-order valence-electron chi connectivity index (χ3n) is 5.60. The summed E-state index contributed by atoms with van der Waals surface area (Å²) < 4.78 is 0. The van der Waals surface area contributed by atoms with E-state index in [0.29, 0.717) is 42.3 Å². The van der Waals surface area contributed by atoms with Crippen LogP contribution in [0.5, 0.6) is 0 Å². The molecule has 1 aliphatic rings. The largest absolute Gasteiger partial charge is 0.370 e. The molecule has 0 saturated carbocycles. The summed E-state index contributed by atoms with van der Waals surface area (Å²) in [4.78, 5) is 39.3. The summed E-state index contributed by atoms with van der Waals surface area (Å²) in [5.74, 6) is -0.620. The number of carbonyl (C=O) groups excluding carboxylic acids is 2. The maximum absolute atomic E-state index is 12.8. The lowest BCUT2D eigenvalue weighted by Crippen LogP contribution is -2.59. The van der Waals surface area contributed by atoms with Crippen molar-refractivity contribution in [3.05, 3.63) is 54.1 Å². The van der Waals surface area contributed by atoms with E-state index in [9.17, 15) is 9.59 Å². The van der Waals surface area contributed by atoms with Gasteiger partial charge in [0.15, 0.2) is 0 Å². The van der Waals surface area contributed by atoms with E-state index in [1.807, 2.05) is 24.3 Å². The zero-order chi connectivity index (χ0) is 21.8. The Labute approximate surface area is 183 Å². The van der Waals surface area contributed by atoms with Gasteiger partial charge in [0.1, 0.15) is 22.6 Å². The number of aromatic nitrogens is 3. The highest BCUT2D eigenvalue weighted by molar-refractivity contribution is 7.13. The molecule has 1 aliphatic heterocycles. The number of benzene rings is 1. The zero-order valence-electron chi connectivity index (χ0n) is 17.0. The second-order valence-corrected chi connectivity index (χ2v) is 8.18. The molecule has 0 bridgehead atoms. The number of thiazole rings is 1. The van der Waals surface area contributed by atoms with E-state index >= 15 is 0 Å². The fourth-order valence-corrected chi connectivity index (χ4v) is 4.49. The molecule has 160 valence electrons. The number of hydrogen-bond donors (Lipinski definition) is 3. The average molecular weight is 438 g/mol. The van der Waals surface area contributed by atoms with E-state index < -0.39 is 5.54 Å². The number of hydrogen-bond acceptors (Lipinski definition) is 8. The second kappa shape index (κ2) is 8.78. The van der Waals surface area contributed by atoms with Crippen molar-refractivity contribution in [3.63, 3.8) is 0 Å². The van der Waals surface area contributed by atoms with Crippen LogP contribution in [0.2, 0.25) is 0 Å². The molecule has 2 amide bonds. The number of nitrogens with zero attached hydrogens (tertiary/aromatic N) is 4. The van der Waals surface area contributed by atoms with Crippen LogP contribution in [0.4, 0.5) is 11.4 Å². The summed E-state index contributed by atoms with van der Waals surface area (Å²) in [6.45, 7) is 1.29. The van der Waals surface area contributed by atoms with E-state index in [-0.39, 0.29) is 11.8 Å². The molecule has 0 aliphatic carbocycles. The summed E-state index contributed by atoms with van der Waals surface area (Å²) >= 11 is 1.37. The van der Waals surface area contributed by atoms with Crippen LogP contribution in [0.25, 0.3) is 10.6 Å². The average Bonchev–Trinajstić information content (AvgIpc) is 3.31. The molecule has 3 aromatic rings. The van der Waals surface area contributed by atoms with Gasteiger partial charge in [-0.1, -0.05) is 12.1 Å². The molecule has 0 spiro atoms. The fraction of sp³-hybridized carbons (Fsp3) is 0.286. The van der Waals surface area contributed by atoms with Gasteiger partial charge in [-0.15, -0.1) is 11.3 Å². The highest BCUT2D eigenvalue weighted by Gasteiger charge is 2.38. The fourth-order valence-electron chi connectivity index (χ4n) is 3.71. The molecule has 0 radical (unpaired) electrons. The number of carbonyl (C=O) groups is 2. The molecule has 10 heteroatoms. The molecule has 4 rings (SSSR count). The maximum Gasteiger partial charge on any atom is 0.275 e. The van der Waals surface area contributed by atoms with Crippen LogP contribution < -0.4 is 21.3 Å². The van der Waals surface area contributed by atoms with Gasteiger partial charge in [-0.3, -0.25) is 9.59 Å². The first-order chi connectivity index (χ1) is 15.0. The smallest absolute Gasteiger partial charge is 0.275 e. The molecule has 9 nitrogen and oxygen atoms in total. The number of primary amides is 1. The lowest BCUT2D eigenvalue weighted by molar-refractivity contribution is -0.125. The molecule has 0 unspecified atom stereocenters. The Morgan fingerprint density at radius 2 is 1.87 bits per heavy atom. The summed E-state index contributed by atoms with van der Waals surface area (Å²) in [6.07, 6.45) is 5.96. The molecule has 1 fully saturated rings. The van der Waals surface area contributed by atoms with E-state index in [0.717, 1.165) is 11.3 Å². The summed E-state index contributed by atoms with van der Waals surface area (Å²) in [7, 11) is 1.76. The van der Waals surface area contributed by atoms with Gasteiger partial charge in [0.05, 0.1) is 11.4 Å². The minimum atomic E-state index is -0.688. The van der Waals surface area contributed by atoms with Gasteiger partial charge in [-0.25, -0.2) is 15.0 Å². The highest BCUT2D eigenvalue weighted by atomic mass is 32.1. The summed E-state index contributed by atoms with van der Waals surface area (Å²) in [6, 6.07) is 7.62. The minimum Gasteiger partial charge on any atom is -0.370 e. The first-order valence-electron chi connectivity index (χ1n) is 9.87. The molecule has 2 aromatic heterocycles. The van der Waals surface area contributed by atoms with Crippen LogP contribution in [-0.2, 0) is 4.79 Å². The molecule has 1 aromatic carbocycles. The van der Waals surface area contributed by atoms with E-state index in [4.69, 9.17) is 5.73 Å². The Balaban J connectivity index is 1.49. The Kier molecular flexibility index (Phi) is 5.92. The van der Waals surface area contributed by atoms with Gasteiger partial charge in [0, 0.05) is 36.4 Å². The first kappa shape index (κ1) is 20.9. The van der Waals surface area contributed by atoms with Crippen molar-refractivity contribution in [2.75, 3.05) is 30.4 Å². The number of rotatable bonds is 6. The Bertz CT molecular complexity index is 1080. The molecule has 4 N–H and O–H groups in total. The van der Waals surface area contributed by atoms with Crippen molar-refractivity contribution in [2.45, 2.75) is 18.4 Å². The van der Waals surface area contributed by atoms with E-state index in [1.165, 1.54) is 17.7 Å². The predicted octanol–water partition coefficient (Wildman–Crippen LogP) is 1.90. The first-order valence-corrected chi connectivity index (χ1v) is 10.8. The Hall–Kier alpha value is -3.37. The van der Waals surface area contributed by atoms with Crippen molar-refractivity contribution in [2.24, 2.45) is 5.73 Å². The molecule has 3 heterocycles. The van der Waals surface area contributed by atoms with Gasteiger partial charge < -0.3 is 21.3 Å². The molecule has 0 atom stereocenters.